The first-order valence-corrected chi connectivity index (χ1v) is 9.54. The Morgan fingerprint density at radius 1 is 1.11 bits per heavy atom. The van der Waals surface area contributed by atoms with Gasteiger partial charge in [0, 0.05) is 27.1 Å². The van der Waals surface area contributed by atoms with Crippen LogP contribution in [0.4, 0.5) is 17.6 Å². The van der Waals surface area contributed by atoms with Crippen molar-refractivity contribution in [2.75, 3.05) is 36.2 Å². The van der Waals surface area contributed by atoms with Crippen LogP contribution in [-0.2, 0) is 6.42 Å². The Labute approximate surface area is 164 Å². The molecule has 8 heteroatoms. The molecule has 0 unspecified atom stereocenters. The molecule has 0 spiro atoms. The highest BCUT2D eigenvalue weighted by Crippen LogP contribution is 2.35. The topological polar surface area (TPSA) is 99.1 Å². The number of anilines is 3. The normalized spacial score (nSPS) is 18.1. The van der Waals surface area contributed by atoms with E-state index in [1.165, 1.54) is 6.33 Å². The predicted octanol–water partition coefficient (Wildman–Crippen LogP) is 2.38. The van der Waals surface area contributed by atoms with E-state index in [9.17, 15) is 5.11 Å². The summed E-state index contributed by atoms with van der Waals surface area (Å²) < 4.78 is 0. The van der Waals surface area contributed by atoms with Crippen LogP contribution in [0.2, 0.25) is 0 Å². The molecule has 3 N–H and O–H groups in total. The van der Waals surface area contributed by atoms with Crippen LogP contribution in [0.25, 0.3) is 11.0 Å². The monoisotopic (exact) mass is 379 g/mol. The molecule has 28 heavy (non-hydrogen) atoms. The van der Waals surface area contributed by atoms with E-state index in [2.05, 4.69) is 43.6 Å². The van der Waals surface area contributed by atoms with Gasteiger partial charge in [0.25, 0.3) is 0 Å². The van der Waals surface area contributed by atoms with Crippen LogP contribution in [-0.4, -0.2) is 51.8 Å². The first-order chi connectivity index (χ1) is 13.6. The summed E-state index contributed by atoms with van der Waals surface area (Å²) in [6.07, 6.45) is 2.59. The number of benzene rings is 1. The molecule has 1 aliphatic carbocycles. The highest BCUT2D eigenvalue weighted by atomic mass is 16.3. The van der Waals surface area contributed by atoms with Crippen LogP contribution in [0.15, 0.2) is 30.6 Å². The molecule has 0 bridgehead atoms. The number of aliphatic hydroxyl groups is 1. The summed E-state index contributed by atoms with van der Waals surface area (Å²) in [6.45, 7) is 2.89. The third-order valence-corrected chi connectivity index (χ3v) is 4.91. The van der Waals surface area contributed by atoms with Crippen LogP contribution in [0.5, 0.6) is 0 Å². The van der Waals surface area contributed by atoms with Crippen molar-refractivity contribution < 1.29 is 5.11 Å². The zero-order chi connectivity index (χ0) is 19.7. The lowest BCUT2D eigenvalue weighted by Gasteiger charge is -2.20. The van der Waals surface area contributed by atoms with Crippen molar-refractivity contribution in [1.29, 1.82) is 0 Å². The fourth-order valence-corrected chi connectivity index (χ4v) is 3.50. The van der Waals surface area contributed by atoms with E-state index in [-0.39, 0.29) is 6.04 Å². The molecule has 1 aliphatic rings. The molecule has 2 aromatic heterocycles. The van der Waals surface area contributed by atoms with Gasteiger partial charge in [-0.15, -0.1) is 0 Å². The summed E-state index contributed by atoms with van der Waals surface area (Å²) in [4.78, 5) is 20.0. The fraction of sp³-hybridized carbons (Fsp3) is 0.400. The van der Waals surface area contributed by atoms with E-state index in [4.69, 9.17) is 0 Å². The van der Waals surface area contributed by atoms with Crippen molar-refractivity contribution >= 4 is 28.6 Å². The summed E-state index contributed by atoms with van der Waals surface area (Å²) >= 11 is 0. The molecule has 2 atom stereocenters. The Kier molecular flexibility index (Phi) is 4.95. The molecule has 2 heterocycles. The molecular weight excluding hydrogens is 354 g/mol. The molecule has 0 aliphatic heterocycles. The van der Waals surface area contributed by atoms with Gasteiger partial charge in [-0.2, -0.15) is 4.98 Å². The maximum Gasteiger partial charge on any atom is 0.227 e. The van der Waals surface area contributed by atoms with Crippen LogP contribution in [0, 0.1) is 0 Å². The van der Waals surface area contributed by atoms with Crippen molar-refractivity contribution in [3.8, 4) is 0 Å². The lowest BCUT2D eigenvalue weighted by atomic mass is 10.1. The van der Waals surface area contributed by atoms with Crippen molar-refractivity contribution in [2.45, 2.75) is 31.9 Å². The van der Waals surface area contributed by atoms with Gasteiger partial charge in [0.05, 0.1) is 12.1 Å². The number of aromatic nitrogens is 4. The maximum atomic E-state index is 10.6. The fourth-order valence-electron chi connectivity index (χ4n) is 3.50. The maximum absolute atomic E-state index is 10.6. The van der Waals surface area contributed by atoms with Crippen LogP contribution in [0.3, 0.4) is 0 Å². The molecule has 0 saturated heterocycles. The number of aliphatic hydroxyl groups excluding tert-OH is 1. The highest BCUT2D eigenvalue weighted by Gasteiger charge is 2.31. The van der Waals surface area contributed by atoms with Gasteiger partial charge < -0.3 is 20.6 Å². The third kappa shape index (κ3) is 3.31. The van der Waals surface area contributed by atoms with Crippen molar-refractivity contribution in [2.24, 2.45) is 0 Å². The first-order valence-electron chi connectivity index (χ1n) is 9.54. The van der Waals surface area contributed by atoms with Gasteiger partial charge in [-0.3, -0.25) is 0 Å². The number of hydrogen-bond donors (Lipinski definition) is 3. The Morgan fingerprint density at radius 2 is 1.93 bits per heavy atom. The van der Waals surface area contributed by atoms with Gasteiger partial charge in [0.1, 0.15) is 17.4 Å². The standard InChI is InChI=1S/C20H25N7O/c1-4-9-21-18-16-17(25-20(26-18)27(2)3)19(23-11-22-16)24-15-13-8-6-5-7-12(13)10-14(15)28/h5-8,11,14-15,28H,4,9-10H2,1-3H3,(H,21,25,26)(H,22,23,24)/t14-,15-/m1/s1. The number of rotatable bonds is 6. The molecule has 3 aromatic rings. The number of fused-ring (bicyclic) bond motifs is 2. The molecule has 146 valence electrons. The first kappa shape index (κ1) is 18.4. The average Bonchev–Trinajstić information content (AvgIpc) is 3.01. The molecule has 1 aromatic carbocycles. The molecule has 4 rings (SSSR count). The zero-order valence-corrected chi connectivity index (χ0v) is 16.3. The summed E-state index contributed by atoms with van der Waals surface area (Å²) in [5.74, 6) is 1.86. The molecule has 0 radical (unpaired) electrons. The highest BCUT2D eigenvalue weighted by molar-refractivity contribution is 5.93. The van der Waals surface area contributed by atoms with E-state index < -0.39 is 6.10 Å². The lowest BCUT2D eigenvalue weighted by Crippen LogP contribution is -2.22. The zero-order valence-electron chi connectivity index (χ0n) is 16.3. The molecule has 0 saturated carbocycles. The smallest absolute Gasteiger partial charge is 0.227 e. The largest absolute Gasteiger partial charge is 0.390 e. The second-order valence-corrected chi connectivity index (χ2v) is 7.21. The summed E-state index contributed by atoms with van der Waals surface area (Å²) in [5, 5.41) is 17.3. The van der Waals surface area contributed by atoms with Crippen molar-refractivity contribution in [3.05, 3.63) is 41.7 Å². The molecular formula is C20H25N7O. The van der Waals surface area contributed by atoms with E-state index >= 15 is 0 Å². The van der Waals surface area contributed by atoms with E-state index in [0.29, 0.717) is 35.0 Å². The van der Waals surface area contributed by atoms with E-state index in [1.54, 1.807) is 0 Å². The minimum Gasteiger partial charge on any atom is -0.390 e. The van der Waals surface area contributed by atoms with Gasteiger partial charge in [-0.25, -0.2) is 15.0 Å². The van der Waals surface area contributed by atoms with Crippen LogP contribution < -0.4 is 15.5 Å². The van der Waals surface area contributed by atoms with Gasteiger partial charge in [-0.05, 0) is 17.5 Å². The van der Waals surface area contributed by atoms with Gasteiger partial charge in [0.2, 0.25) is 5.95 Å². The van der Waals surface area contributed by atoms with Crippen molar-refractivity contribution in [1.82, 2.24) is 19.9 Å². The van der Waals surface area contributed by atoms with Crippen molar-refractivity contribution in [3.63, 3.8) is 0 Å². The number of nitrogens with one attached hydrogen (secondary N) is 2. The SMILES string of the molecule is CCCNc1nc(N(C)C)nc2c(N[C@@H]3c4ccccc4C[C@H]3O)ncnc12. The molecule has 8 nitrogen and oxygen atoms in total. The Bertz CT molecular complexity index is 991. The lowest BCUT2D eigenvalue weighted by molar-refractivity contribution is 0.165. The Balaban J connectivity index is 1.78. The number of nitrogens with zero attached hydrogens (tertiary/aromatic N) is 5. The van der Waals surface area contributed by atoms with Crippen LogP contribution >= 0.6 is 0 Å². The van der Waals surface area contributed by atoms with E-state index in [1.807, 2.05) is 37.2 Å². The molecule has 0 amide bonds. The summed E-state index contributed by atoms with van der Waals surface area (Å²) in [6, 6.07) is 7.84. The van der Waals surface area contributed by atoms with Gasteiger partial charge >= 0.3 is 0 Å². The minimum absolute atomic E-state index is 0.237. The number of hydrogen-bond acceptors (Lipinski definition) is 8. The van der Waals surface area contributed by atoms with Crippen LogP contribution in [0.1, 0.15) is 30.5 Å². The average molecular weight is 379 g/mol. The Hall–Kier alpha value is -3.00. The second kappa shape index (κ2) is 7.55. The molecule has 0 fully saturated rings. The predicted molar refractivity (Wildman–Crippen MR) is 111 cm³/mol. The van der Waals surface area contributed by atoms with Gasteiger partial charge in [-0.1, -0.05) is 31.2 Å². The minimum atomic E-state index is -0.518. The summed E-state index contributed by atoms with van der Waals surface area (Å²) in [5.41, 5.74) is 3.54. The Morgan fingerprint density at radius 3 is 2.71 bits per heavy atom. The third-order valence-electron chi connectivity index (χ3n) is 4.91. The van der Waals surface area contributed by atoms with E-state index in [0.717, 1.165) is 24.1 Å². The quantitative estimate of drug-likeness (QED) is 0.600. The second-order valence-electron chi connectivity index (χ2n) is 7.21. The summed E-state index contributed by atoms with van der Waals surface area (Å²) in [7, 11) is 3.80. The van der Waals surface area contributed by atoms with Gasteiger partial charge in [0.15, 0.2) is 11.6 Å².